The fraction of sp³-hybridized carbons (Fsp3) is 0.769. The monoisotopic (exact) mass is 293 g/mol. The van der Waals surface area contributed by atoms with Crippen molar-refractivity contribution in [1.82, 2.24) is 9.55 Å². The van der Waals surface area contributed by atoms with E-state index in [2.05, 4.69) is 10.3 Å². The van der Waals surface area contributed by atoms with E-state index in [0.717, 1.165) is 5.69 Å². The minimum absolute atomic E-state index is 0.0933. The van der Waals surface area contributed by atoms with Gasteiger partial charge in [-0.25, -0.2) is 4.98 Å². The zero-order valence-corrected chi connectivity index (χ0v) is 12.1. The Hall–Kier alpha value is -1.24. The largest absolute Gasteiger partial charge is 0.389 e. The number of methoxy groups -OCH3 is 1. The van der Waals surface area contributed by atoms with Crippen LogP contribution in [-0.4, -0.2) is 35.5 Å². The summed E-state index contributed by atoms with van der Waals surface area (Å²) < 4.78 is 43.1. The van der Waals surface area contributed by atoms with Gasteiger partial charge < -0.3 is 14.6 Å². The van der Waals surface area contributed by atoms with Crippen LogP contribution in [0.4, 0.5) is 19.1 Å². The maximum atomic E-state index is 12.1. The highest BCUT2D eigenvalue weighted by Crippen LogP contribution is 2.22. The van der Waals surface area contributed by atoms with E-state index in [1.165, 1.54) is 0 Å². The first-order chi connectivity index (χ1) is 9.31. The van der Waals surface area contributed by atoms with E-state index in [0.29, 0.717) is 25.5 Å². The summed E-state index contributed by atoms with van der Waals surface area (Å²) in [7, 11) is 1.62. The smallest absolute Gasteiger partial charge is 0.383 e. The number of nitrogens with zero attached hydrogens (tertiary/aromatic N) is 2. The molecule has 1 aromatic heterocycles. The normalized spacial score (nSPS) is 13.5. The van der Waals surface area contributed by atoms with Gasteiger partial charge in [0.25, 0.3) is 0 Å². The van der Waals surface area contributed by atoms with Crippen molar-refractivity contribution in [2.24, 2.45) is 0 Å². The first-order valence-corrected chi connectivity index (χ1v) is 6.68. The minimum Gasteiger partial charge on any atom is -0.383 e. The van der Waals surface area contributed by atoms with Crippen LogP contribution in [-0.2, 0) is 11.3 Å². The third-order valence-corrected chi connectivity index (χ3v) is 2.80. The molecule has 0 amide bonds. The molecule has 1 rings (SSSR count). The predicted molar refractivity (Wildman–Crippen MR) is 71.8 cm³/mol. The van der Waals surface area contributed by atoms with Crippen LogP contribution < -0.4 is 5.32 Å². The predicted octanol–water partition coefficient (Wildman–Crippen LogP) is 3.37. The summed E-state index contributed by atoms with van der Waals surface area (Å²) in [6.07, 6.45) is -2.35. The summed E-state index contributed by atoms with van der Waals surface area (Å²) in [5.41, 5.74) is 0.841. The Morgan fingerprint density at radius 3 is 2.70 bits per heavy atom. The standard InChI is InChI=1S/C13H22F3N3O/c1-10-8-19(7-5-4-6-13(14,15)16)12(17-10)18-11(2)9-20-3/h8,11H,4-7,9H2,1-3H3,(H,17,18). The zero-order chi connectivity index (χ0) is 15.2. The second-order valence-corrected chi connectivity index (χ2v) is 4.97. The van der Waals surface area contributed by atoms with Crippen LogP contribution in [0.5, 0.6) is 0 Å². The number of anilines is 1. The third kappa shape index (κ3) is 6.27. The summed E-state index contributed by atoms with van der Waals surface area (Å²) >= 11 is 0. The highest BCUT2D eigenvalue weighted by Gasteiger charge is 2.25. The van der Waals surface area contributed by atoms with Gasteiger partial charge in [0.05, 0.1) is 12.3 Å². The fourth-order valence-corrected chi connectivity index (χ4v) is 1.95. The number of aromatic nitrogens is 2. The Morgan fingerprint density at radius 1 is 1.40 bits per heavy atom. The van der Waals surface area contributed by atoms with Crippen LogP contribution in [0.3, 0.4) is 0 Å². The molecular formula is C13H22F3N3O. The summed E-state index contributed by atoms with van der Waals surface area (Å²) in [6.45, 7) is 4.89. The summed E-state index contributed by atoms with van der Waals surface area (Å²) in [4.78, 5) is 4.33. The van der Waals surface area contributed by atoms with Gasteiger partial charge in [-0.15, -0.1) is 0 Å². The van der Waals surface area contributed by atoms with Gasteiger partial charge in [0.2, 0.25) is 5.95 Å². The van der Waals surface area contributed by atoms with E-state index in [4.69, 9.17) is 4.74 Å². The van der Waals surface area contributed by atoms with Crippen molar-refractivity contribution >= 4 is 5.95 Å². The Bertz CT molecular complexity index is 404. The van der Waals surface area contributed by atoms with Gasteiger partial charge in [0, 0.05) is 32.3 Å². The van der Waals surface area contributed by atoms with E-state index in [-0.39, 0.29) is 12.5 Å². The molecule has 4 nitrogen and oxygen atoms in total. The second-order valence-electron chi connectivity index (χ2n) is 4.97. The number of hydrogen-bond acceptors (Lipinski definition) is 3. The molecule has 0 saturated heterocycles. The Morgan fingerprint density at radius 2 is 2.10 bits per heavy atom. The molecule has 0 bridgehead atoms. The SMILES string of the molecule is COCC(C)Nc1nc(C)cn1CCCCC(F)(F)F. The molecule has 20 heavy (non-hydrogen) atoms. The zero-order valence-electron chi connectivity index (χ0n) is 12.1. The molecular weight excluding hydrogens is 271 g/mol. The van der Waals surface area contributed by atoms with Crippen molar-refractivity contribution < 1.29 is 17.9 Å². The summed E-state index contributed by atoms with van der Waals surface area (Å²) in [6, 6.07) is 0.0933. The van der Waals surface area contributed by atoms with Gasteiger partial charge in [-0.05, 0) is 26.7 Å². The molecule has 0 fully saturated rings. The molecule has 0 radical (unpaired) electrons. The Balaban J connectivity index is 2.48. The molecule has 1 heterocycles. The molecule has 0 aliphatic carbocycles. The first kappa shape index (κ1) is 16.8. The van der Waals surface area contributed by atoms with Crippen LogP contribution in [0.15, 0.2) is 6.20 Å². The number of aryl methyl sites for hydroxylation is 2. The van der Waals surface area contributed by atoms with E-state index < -0.39 is 12.6 Å². The fourth-order valence-electron chi connectivity index (χ4n) is 1.95. The van der Waals surface area contributed by atoms with Crippen molar-refractivity contribution in [2.45, 2.75) is 51.9 Å². The molecule has 0 saturated carbocycles. The van der Waals surface area contributed by atoms with E-state index >= 15 is 0 Å². The highest BCUT2D eigenvalue weighted by atomic mass is 19.4. The molecule has 0 aliphatic rings. The Labute approximate surface area is 117 Å². The summed E-state index contributed by atoms with van der Waals surface area (Å²) in [5.74, 6) is 0.680. The molecule has 1 aromatic rings. The lowest BCUT2D eigenvalue weighted by molar-refractivity contribution is -0.135. The molecule has 0 spiro atoms. The van der Waals surface area contributed by atoms with Gasteiger partial charge in [-0.3, -0.25) is 0 Å². The quantitative estimate of drug-likeness (QED) is 0.747. The van der Waals surface area contributed by atoms with Gasteiger partial charge in [0.1, 0.15) is 0 Å². The molecule has 7 heteroatoms. The van der Waals surface area contributed by atoms with Crippen LogP contribution >= 0.6 is 0 Å². The average Bonchev–Trinajstić information content (AvgIpc) is 2.64. The number of nitrogens with one attached hydrogen (secondary N) is 1. The first-order valence-electron chi connectivity index (χ1n) is 6.68. The lowest BCUT2D eigenvalue weighted by atomic mass is 10.2. The van der Waals surface area contributed by atoms with Crippen molar-refractivity contribution in [3.63, 3.8) is 0 Å². The molecule has 0 aliphatic heterocycles. The van der Waals surface area contributed by atoms with Crippen molar-refractivity contribution in [3.8, 4) is 0 Å². The lowest BCUT2D eigenvalue weighted by Crippen LogP contribution is -2.23. The van der Waals surface area contributed by atoms with E-state index in [1.54, 1.807) is 7.11 Å². The number of imidazole rings is 1. The topological polar surface area (TPSA) is 39.1 Å². The van der Waals surface area contributed by atoms with Crippen LogP contribution in [0.25, 0.3) is 0 Å². The maximum Gasteiger partial charge on any atom is 0.389 e. The number of rotatable bonds is 8. The number of hydrogen-bond donors (Lipinski definition) is 1. The van der Waals surface area contributed by atoms with E-state index in [1.807, 2.05) is 24.6 Å². The van der Waals surface area contributed by atoms with Gasteiger partial charge in [-0.1, -0.05) is 0 Å². The number of alkyl halides is 3. The molecule has 1 N–H and O–H groups in total. The number of ether oxygens (including phenoxy) is 1. The molecule has 116 valence electrons. The maximum absolute atomic E-state index is 12.1. The van der Waals surface area contributed by atoms with Gasteiger partial charge >= 0.3 is 6.18 Å². The second kappa shape index (κ2) is 7.52. The number of unbranched alkanes of at least 4 members (excludes halogenated alkanes) is 1. The van der Waals surface area contributed by atoms with Crippen molar-refractivity contribution in [1.29, 1.82) is 0 Å². The Kier molecular flexibility index (Phi) is 6.32. The highest BCUT2D eigenvalue weighted by molar-refractivity contribution is 5.29. The molecule has 1 atom stereocenters. The van der Waals surface area contributed by atoms with Crippen LogP contribution in [0.2, 0.25) is 0 Å². The van der Waals surface area contributed by atoms with Crippen LogP contribution in [0.1, 0.15) is 31.9 Å². The van der Waals surface area contributed by atoms with Crippen LogP contribution in [0, 0.1) is 6.92 Å². The summed E-state index contributed by atoms with van der Waals surface area (Å²) in [5, 5.41) is 3.19. The van der Waals surface area contributed by atoms with Crippen molar-refractivity contribution in [2.75, 3.05) is 19.0 Å². The molecule has 0 aromatic carbocycles. The van der Waals surface area contributed by atoms with E-state index in [9.17, 15) is 13.2 Å². The van der Waals surface area contributed by atoms with Crippen molar-refractivity contribution in [3.05, 3.63) is 11.9 Å². The van der Waals surface area contributed by atoms with Gasteiger partial charge in [-0.2, -0.15) is 13.2 Å². The third-order valence-electron chi connectivity index (χ3n) is 2.80. The number of halogens is 3. The lowest BCUT2D eigenvalue weighted by Gasteiger charge is -2.15. The van der Waals surface area contributed by atoms with Gasteiger partial charge in [0.15, 0.2) is 0 Å². The average molecular weight is 293 g/mol. The minimum atomic E-state index is -4.07. The molecule has 1 unspecified atom stereocenters.